The number of carbonyl (C=O) groups is 1. The van der Waals surface area contributed by atoms with Crippen molar-refractivity contribution in [3.05, 3.63) is 29.6 Å². The fourth-order valence-corrected chi connectivity index (χ4v) is 2.52. The molecule has 1 aliphatic carbocycles. The minimum atomic E-state index is 0.179. The molecule has 104 valence electrons. The number of hydrogen-bond donors (Lipinski definition) is 1. The largest absolute Gasteiger partial charge is 0.356 e. The van der Waals surface area contributed by atoms with Gasteiger partial charge in [-0.3, -0.25) is 9.48 Å². The van der Waals surface area contributed by atoms with Gasteiger partial charge in [0.15, 0.2) is 0 Å². The first kappa shape index (κ1) is 13.8. The molecule has 1 aliphatic rings. The van der Waals surface area contributed by atoms with Crippen molar-refractivity contribution in [1.29, 1.82) is 0 Å². The van der Waals surface area contributed by atoms with Crippen LogP contribution in [-0.4, -0.2) is 22.2 Å². The van der Waals surface area contributed by atoms with E-state index in [1.165, 1.54) is 5.69 Å². The van der Waals surface area contributed by atoms with Gasteiger partial charge in [-0.1, -0.05) is 12.2 Å². The molecular formula is C15H23N3O. The van der Waals surface area contributed by atoms with E-state index in [4.69, 9.17) is 0 Å². The monoisotopic (exact) mass is 261 g/mol. The highest BCUT2D eigenvalue weighted by molar-refractivity contribution is 5.78. The predicted molar refractivity (Wildman–Crippen MR) is 75.8 cm³/mol. The lowest BCUT2D eigenvalue weighted by Gasteiger charge is -2.17. The number of amides is 1. The van der Waals surface area contributed by atoms with Gasteiger partial charge in [-0.25, -0.2) is 0 Å². The Kier molecular flexibility index (Phi) is 4.77. The lowest BCUT2D eigenvalue weighted by atomic mass is 9.94. The van der Waals surface area contributed by atoms with Gasteiger partial charge in [0, 0.05) is 24.7 Å². The van der Waals surface area contributed by atoms with Crippen LogP contribution in [0.5, 0.6) is 0 Å². The molecule has 0 bridgehead atoms. The van der Waals surface area contributed by atoms with Crippen molar-refractivity contribution < 1.29 is 4.79 Å². The fraction of sp³-hybridized carbons (Fsp3) is 0.600. The molecule has 4 nitrogen and oxygen atoms in total. The number of carbonyl (C=O) groups excluding carboxylic acids is 1. The van der Waals surface area contributed by atoms with Gasteiger partial charge in [-0.15, -0.1) is 0 Å². The molecule has 0 spiro atoms. The molecule has 1 heterocycles. The number of allylic oxidation sites excluding steroid dienone is 2. The number of aromatic nitrogens is 2. The molecule has 1 atom stereocenters. The number of rotatable bonds is 5. The average Bonchev–Trinajstić information content (AvgIpc) is 2.74. The van der Waals surface area contributed by atoms with Crippen LogP contribution < -0.4 is 5.32 Å². The minimum absolute atomic E-state index is 0.179. The highest BCUT2D eigenvalue weighted by Crippen LogP contribution is 2.17. The third-order valence-electron chi connectivity index (χ3n) is 3.59. The van der Waals surface area contributed by atoms with Gasteiger partial charge in [-0.05, 0) is 45.6 Å². The highest BCUT2D eigenvalue weighted by Gasteiger charge is 2.17. The van der Waals surface area contributed by atoms with E-state index in [9.17, 15) is 4.79 Å². The van der Waals surface area contributed by atoms with Gasteiger partial charge in [-0.2, -0.15) is 5.10 Å². The van der Waals surface area contributed by atoms with E-state index in [0.717, 1.165) is 44.5 Å². The Morgan fingerprint density at radius 2 is 2.32 bits per heavy atom. The maximum atomic E-state index is 11.9. The van der Waals surface area contributed by atoms with Crippen LogP contribution in [-0.2, 0) is 11.3 Å². The van der Waals surface area contributed by atoms with Crippen molar-refractivity contribution in [3.8, 4) is 0 Å². The number of aryl methyl sites for hydroxylation is 3. The molecule has 2 rings (SSSR count). The predicted octanol–water partition coefficient (Wildman–Crippen LogP) is 2.36. The first-order valence-corrected chi connectivity index (χ1v) is 7.10. The van der Waals surface area contributed by atoms with Crippen LogP contribution >= 0.6 is 0 Å². The standard InChI is InChI=1S/C15H23N3O/c1-12-11-13(2)18(17-12)10-6-9-16-15(19)14-7-4-3-5-8-14/h3-4,11,14H,5-10H2,1-2H3,(H,16,19)/t14-/m0/s1. The Labute approximate surface area is 114 Å². The molecule has 0 unspecified atom stereocenters. The summed E-state index contributed by atoms with van der Waals surface area (Å²) < 4.78 is 2.00. The summed E-state index contributed by atoms with van der Waals surface area (Å²) in [5.41, 5.74) is 2.23. The van der Waals surface area contributed by atoms with E-state index in [-0.39, 0.29) is 11.8 Å². The maximum absolute atomic E-state index is 11.9. The summed E-state index contributed by atoms with van der Waals surface area (Å²) in [6, 6.07) is 2.08. The Hall–Kier alpha value is -1.58. The molecule has 0 saturated heterocycles. The van der Waals surface area contributed by atoms with E-state index >= 15 is 0 Å². The van der Waals surface area contributed by atoms with E-state index in [1.54, 1.807) is 0 Å². The Balaban J connectivity index is 1.67. The molecule has 1 N–H and O–H groups in total. The van der Waals surface area contributed by atoms with Crippen LogP contribution in [0.4, 0.5) is 0 Å². The highest BCUT2D eigenvalue weighted by atomic mass is 16.1. The second kappa shape index (κ2) is 6.55. The van der Waals surface area contributed by atoms with Gasteiger partial charge in [0.1, 0.15) is 0 Å². The number of hydrogen-bond acceptors (Lipinski definition) is 2. The Morgan fingerprint density at radius 1 is 1.47 bits per heavy atom. The molecule has 0 radical (unpaired) electrons. The smallest absolute Gasteiger partial charge is 0.223 e. The number of nitrogens with one attached hydrogen (secondary N) is 1. The molecule has 0 fully saturated rings. The van der Waals surface area contributed by atoms with Crippen molar-refractivity contribution in [3.63, 3.8) is 0 Å². The van der Waals surface area contributed by atoms with Crippen molar-refractivity contribution in [2.24, 2.45) is 5.92 Å². The maximum Gasteiger partial charge on any atom is 0.223 e. The summed E-state index contributed by atoms with van der Waals surface area (Å²) >= 11 is 0. The van der Waals surface area contributed by atoms with Gasteiger partial charge < -0.3 is 5.32 Å². The van der Waals surface area contributed by atoms with Crippen molar-refractivity contribution >= 4 is 5.91 Å². The molecule has 0 saturated carbocycles. The van der Waals surface area contributed by atoms with Crippen LogP contribution in [0.2, 0.25) is 0 Å². The quantitative estimate of drug-likeness (QED) is 0.653. The molecular weight excluding hydrogens is 238 g/mol. The summed E-state index contributed by atoms with van der Waals surface area (Å²) in [5, 5.41) is 7.45. The number of nitrogens with zero attached hydrogens (tertiary/aromatic N) is 2. The van der Waals surface area contributed by atoms with Gasteiger partial charge in [0.25, 0.3) is 0 Å². The third-order valence-corrected chi connectivity index (χ3v) is 3.59. The van der Waals surface area contributed by atoms with Crippen LogP contribution in [0.25, 0.3) is 0 Å². The third kappa shape index (κ3) is 3.94. The zero-order valence-electron chi connectivity index (χ0n) is 11.9. The summed E-state index contributed by atoms with van der Waals surface area (Å²) in [6.45, 7) is 5.66. The summed E-state index contributed by atoms with van der Waals surface area (Å²) in [6.07, 6.45) is 8.11. The first-order valence-electron chi connectivity index (χ1n) is 7.10. The molecule has 1 aromatic heterocycles. The zero-order valence-corrected chi connectivity index (χ0v) is 11.9. The summed E-state index contributed by atoms with van der Waals surface area (Å²) in [4.78, 5) is 11.9. The van der Waals surface area contributed by atoms with E-state index < -0.39 is 0 Å². The zero-order chi connectivity index (χ0) is 13.7. The van der Waals surface area contributed by atoms with Crippen LogP contribution in [0, 0.1) is 19.8 Å². The van der Waals surface area contributed by atoms with Gasteiger partial charge in [0.05, 0.1) is 5.69 Å². The Bertz CT molecular complexity index is 462. The molecule has 4 heteroatoms. The lowest BCUT2D eigenvalue weighted by Crippen LogP contribution is -2.32. The normalized spacial score (nSPS) is 18.5. The van der Waals surface area contributed by atoms with Gasteiger partial charge in [0.2, 0.25) is 5.91 Å². The van der Waals surface area contributed by atoms with Crippen molar-refractivity contribution in [2.45, 2.75) is 46.1 Å². The SMILES string of the molecule is Cc1cc(C)n(CCCNC(=O)[C@H]2CC=CCC2)n1. The van der Waals surface area contributed by atoms with Crippen LogP contribution in [0.15, 0.2) is 18.2 Å². The molecule has 1 aromatic rings. The lowest BCUT2D eigenvalue weighted by molar-refractivity contribution is -0.125. The second-order valence-corrected chi connectivity index (χ2v) is 5.28. The van der Waals surface area contributed by atoms with Crippen molar-refractivity contribution in [2.75, 3.05) is 6.54 Å². The first-order chi connectivity index (χ1) is 9.16. The topological polar surface area (TPSA) is 46.9 Å². The van der Waals surface area contributed by atoms with Crippen LogP contribution in [0.1, 0.15) is 37.1 Å². The molecule has 0 aliphatic heterocycles. The molecule has 19 heavy (non-hydrogen) atoms. The van der Waals surface area contributed by atoms with E-state index in [2.05, 4.69) is 35.6 Å². The van der Waals surface area contributed by atoms with E-state index in [1.807, 2.05) is 11.6 Å². The minimum Gasteiger partial charge on any atom is -0.356 e. The summed E-state index contributed by atoms with van der Waals surface area (Å²) in [7, 11) is 0. The van der Waals surface area contributed by atoms with Crippen LogP contribution in [0.3, 0.4) is 0 Å². The fourth-order valence-electron chi connectivity index (χ4n) is 2.52. The van der Waals surface area contributed by atoms with Crippen molar-refractivity contribution in [1.82, 2.24) is 15.1 Å². The average molecular weight is 261 g/mol. The van der Waals surface area contributed by atoms with Gasteiger partial charge >= 0.3 is 0 Å². The molecule has 0 aromatic carbocycles. The van der Waals surface area contributed by atoms with E-state index in [0.29, 0.717) is 0 Å². The molecule has 1 amide bonds. The second-order valence-electron chi connectivity index (χ2n) is 5.28. The summed E-state index contributed by atoms with van der Waals surface area (Å²) in [5.74, 6) is 0.386. The Morgan fingerprint density at radius 3 is 2.95 bits per heavy atom.